The number of carbonyl (C=O) groups excluding carboxylic acids is 1. The summed E-state index contributed by atoms with van der Waals surface area (Å²) in [5, 5.41) is 3.57. The molecule has 3 rings (SSSR count). The van der Waals surface area contributed by atoms with Crippen molar-refractivity contribution in [1.82, 2.24) is 29.8 Å². The Balaban J connectivity index is 1.41. The SMILES string of the molecule is CN=C(NCC1CN(C)CCN1C)N1CCN(CC(=O)N2CCCC2)CC1. The van der Waals surface area contributed by atoms with Crippen molar-refractivity contribution in [2.45, 2.75) is 18.9 Å². The van der Waals surface area contributed by atoms with Crippen LogP contribution in [0.5, 0.6) is 0 Å². The smallest absolute Gasteiger partial charge is 0.236 e. The van der Waals surface area contributed by atoms with Gasteiger partial charge in [-0.25, -0.2) is 0 Å². The van der Waals surface area contributed by atoms with E-state index in [4.69, 9.17) is 0 Å². The van der Waals surface area contributed by atoms with Gasteiger partial charge >= 0.3 is 0 Å². The fraction of sp³-hybridized carbons (Fsp3) is 0.895. The van der Waals surface area contributed by atoms with Gasteiger partial charge in [0.15, 0.2) is 5.96 Å². The highest BCUT2D eigenvalue weighted by Crippen LogP contribution is 2.10. The van der Waals surface area contributed by atoms with Crippen LogP contribution in [0, 0.1) is 0 Å². The minimum atomic E-state index is 0.299. The lowest BCUT2D eigenvalue weighted by Crippen LogP contribution is -2.58. The molecule has 0 aromatic heterocycles. The lowest BCUT2D eigenvalue weighted by molar-refractivity contribution is -0.131. The zero-order valence-electron chi connectivity index (χ0n) is 17.4. The van der Waals surface area contributed by atoms with Crippen molar-refractivity contribution < 1.29 is 4.79 Å². The summed E-state index contributed by atoms with van der Waals surface area (Å²) in [7, 11) is 6.26. The zero-order valence-corrected chi connectivity index (χ0v) is 17.4. The second-order valence-electron chi connectivity index (χ2n) is 8.18. The Bertz CT molecular complexity index is 512. The molecular formula is C19H37N7O. The summed E-state index contributed by atoms with van der Waals surface area (Å²) in [5.74, 6) is 1.29. The van der Waals surface area contributed by atoms with Crippen LogP contribution in [0.15, 0.2) is 4.99 Å². The van der Waals surface area contributed by atoms with Crippen LogP contribution in [0.1, 0.15) is 12.8 Å². The average Bonchev–Trinajstić information content (AvgIpc) is 3.21. The van der Waals surface area contributed by atoms with Crippen LogP contribution in [0.2, 0.25) is 0 Å². The number of hydrogen-bond acceptors (Lipinski definition) is 5. The van der Waals surface area contributed by atoms with E-state index in [0.29, 0.717) is 18.5 Å². The molecule has 0 saturated carbocycles. The van der Waals surface area contributed by atoms with Crippen LogP contribution in [0.4, 0.5) is 0 Å². The molecular weight excluding hydrogens is 342 g/mol. The molecule has 0 aromatic carbocycles. The fourth-order valence-electron chi connectivity index (χ4n) is 4.24. The van der Waals surface area contributed by atoms with E-state index >= 15 is 0 Å². The first kappa shape index (κ1) is 20.4. The second-order valence-corrected chi connectivity index (χ2v) is 8.18. The third-order valence-corrected chi connectivity index (χ3v) is 6.18. The number of rotatable bonds is 4. The van der Waals surface area contributed by atoms with Crippen molar-refractivity contribution in [1.29, 1.82) is 0 Å². The first-order chi connectivity index (χ1) is 13.1. The number of piperazine rings is 2. The summed E-state index contributed by atoms with van der Waals surface area (Å²) in [6, 6.07) is 0.514. The molecule has 8 heteroatoms. The normalized spacial score (nSPS) is 26.6. The highest BCUT2D eigenvalue weighted by Gasteiger charge is 2.26. The molecule has 0 aliphatic carbocycles. The Hall–Kier alpha value is -1.38. The standard InChI is InChI=1S/C19H37N7O/c1-20-19(21-14-17-15-22(2)8-9-23(17)3)26-12-10-24(11-13-26)16-18(27)25-6-4-5-7-25/h17H,4-16H2,1-3H3,(H,20,21). The minimum Gasteiger partial charge on any atom is -0.355 e. The summed E-state index contributed by atoms with van der Waals surface area (Å²) in [6.07, 6.45) is 2.32. The number of likely N-dealkylation sites (N-methyl/N-ethyl adjacent to an activating group) is 2. The molecule has 3 fully saturated rings. The molecule has 3 aliphatic heterocycles. The molecule has 8 nitrogen and oxygen atoms in total. The van der Waals surface area contributed by atoms with E-state index in [2.05, 4.69) is 44.0 Å². The van der Waals surface area contributed by atoms with E-state index in [1.807, 2.05) is 11.9 Å². The molecule has 1 N–H and O–H groups in total. The van der Waals surface area contributed by atoms with Crippen LogP contribution < -0.4 is 5.32 Å². The molecule has 1 amide bonds. The summed E-state index contributed by atoms with van der Waals surface area (Å²) >= 11 is 0. The zero-order chi connectivity index (χ0) is 19.2. The highest BCUT2D eigenvalue weighted by molar-refractivity contribution is 5.80. The van der Waals surface area contributed by atoms with E-state index < -0.39 is 0 Å². The largest absolute Gasteiger partial charge is 0.355 e. The van der Waals surface area contributed by atoms with Crippen molar-refractivity contribution in [3.8, 4) is 0 Å². The third-order valence-electron chi connectivity index (χ3n) is 6.18. The van der Waals surface area contributed by atoms with Crippen molar-refractivity contribution in [2.75, 3.05) is 93.1 Å². The molecule has 1 unspecified atom stereocenters. The maximum absolute atomic E-state index is 12.3. The summed E-state index contributed by atoms with van der Waals surface area (Å²) in [5.41, 5.74) is 0. The van der Waals surface area contributed by atoms with Gasteiger partial charge in [0.2, 0.25) is 5.91 Å². The topological polar surface area (TPSA) is 57.7 Å². The van der Waals surface area contributed by atoms with E-state index in [0.717, 1.165) is 84.2 Å². The predicted octanol–water partition coefficient (Wildman–Crippen LogP) is -0.952. The Morgan fingerprint density at radius 3 is 2.33 bits per heavy atom. The van der Waals surface area contributed by atoms with Crippen LogP contribution >= 0.6 is 0 Å². The molecule has 3 heterocycles. The van der Waals surface area contributed by atoms with Gasteiger partial charge in [-0.15, -0.1) is 0 Å². The van der Waals surface area contributed by atoms with Crippen LogP contribution in [-0.2, 0) is 4.79 Å². The summed E-state index contributed by atoms with van der Waals surface area (Å²) in [4.78, 5) is 28.3. The molecule has 0 spiro atoms. The number of likely N-dealkylation sites (tertiary alicyclic amines) is 1. The number of carbonyl (C=O) groups is 1. The molecule has 154 valence electrons. The van der Waals surface area contributed by atoms with E-state index in [1.165, 1.54) is 0 Å². The molecule has 3 aliphatic rings. The number of nitrogens with one attached hydrogen (secondary N) is 1. The van der Waals surface area contributed by atoms with Gasteiger partial charge in [-0.2, -0.15) is 0 Å². The van der Waals surface area contributed by atoms with E-state index in [9.17, 15) is 4.79 Å². The van der Waals surface area contributed by atoms with E-state index in [-0.39, 0.29) is 0 Å². The van der Waals surface area contributed by atoms with Gasteiger partial charge in [0, 0.05) is 78.5 Å². The second kappa shape index (κ2) is 9.71. The lowest BCUT2D eigenvalue weighted by Gasteiger charge is -2.40. The van der Waals surface area contributed by atoms with Crippen molar-refractivity contribution in [3.63, 3.8) is 0 Å². The maximum atomic E-state index is 12.3. The van der Waals surface area contributed by atoms with Gasteiger partial charge in [0.1, 0.15) is 0 Å². The Morgan fingerprint density at radius 1 is 0.963 bits per heavy atom. The molecule has 3 saturated heterocycles. The Kier molecular flexibility index (Phi) is 7.32. The minimum absolute atomic E-state index is 0.299. The van der Waals surface area contributed by atoms with Gasteiger partial charge in [-0.05, 0) is 26.9 Å². The van der Waals surface area contributed by atoms with Gasteiger partial charge in [-0.3, -0.25) is 19.6 Å². The van der Waals surface area contributed by atoms with Crippen molar-refractivity contribution >= 4 is 11.9 Å². The number of amides is 1. The monoisotopic (exact) mass is 379 g/mol. The van der Waals surface area contributed by atoms with Crippen LogP contribution in [0.3, 0.4) is 0 Å². The van der Waals surface area contributed by atoms with Gasteiger partial charge in [-0.1, -0.05) is 0 Å². The summed E-state index contributed by atoms with van der Waals surface area (Å²) < 4.78 is 0. The number of guanidine groups is 1. The number of nitrogens with zero attached hydrogens (tertiary/aromatic N) is 6. The summed E-state index contributed by atoms with van der Waals surface area (Å²) in [6.45, 7) is 10.4. The highest BCUT2D eigenvalue weighted by atomic mass is 16.2. The van der Waals surface area contributed by atoms with Crippen LogP contribution in [-0.4, -0.2) is 136 Å². The Morgan fingerprint density at radius 2 is 1.67 bits per heavy atom. The number of hydrogen-bond donors (Lipinski definition) is 1. The molecule has 0 radical (unpaired) electrons. The van der Waals surface area contributed by atoms with Crippen LogP contribution in [0.25, 0.3) is 0 Å². The van der Waals surface area contributed by atoms with Gasteiger partial charge in [0.25, 0.3) is 0 Å². The first-order valence-corrected chi connectivity index (χ1v) is 10.4. The quantitative estimate of drug-likeness (QED) is 0.502. The molecule has 0 aromatic rings. The van der Waals surface area contributed by atoms with Crippen molar-refractivity contribution in [2.24, 2.45) is 4.99 Å². The predicted molar refractivity (Wildman–Crippen MR) is 109 cm³/mol. The van der Waals surface area contributed by atoms with Crippen molar-refractivity contribution in [3.05, 3.63) is 0 Å². The van der Waals surface area contributed by atoms with Gasteiger partial charge in [0.05, 0.1) is 6.54 Å². The van der Waals surface area contributed by atoms with Gasteiger partial charge < -0.3 is 20.0 Å². The number of aliphatic imine (C=N–C) groups is 1. The average molecular weight is 380 g/mol. The van der Waals surface area contributed by atoms with E-state index in [1.54, 1.807) is 0 Å². The Labute approximate surface area is 164 Å². The fourth-order valence-corrected chi connectivity index (χ4v) is 4.24. The molecule has 0 bridgehead atoms. The maximum Gasteiger partial charge on any atom is 0.236 e. The molecule has 27 heavy (non-hydrogen) atoms. The lowest BCUT2D eigenvalue weighted by atomic mass is 10.2. The molecule has 1 atom stereocenters. The third kappa shape index (κ3) is 5.56. The first-order valence-electron chi connectivity index (χ1n) is 10.4.